The second-order valence-electron chi connectivity index (χ2n) is 3.47. The monoisotopic (exact) mass is 272 g/mol. The first-order valence-corrected chi connectivity index (χ1v) is 5.85. The number of rotatable bonds is 6. The van der Waals surface area contributed by atoms with E-state index < -0.39 is 6.10 Å². The number of hydrogen-bond donors (Lipinski definition) is 3. The van der Waals surface area contributed by atoms with Crippen LogP contribution in [0.2, 0.25) is 0 Å². The van der Waals surface area contributed by atoms with Crippen LogP contribution in [-0.2, 0) is 6.42 Å². The molecule has 3 nitrogen and oxygen atoms in total. The number of aliphatic hydroxyl groups is 1. The highest BCUT2D eigenvalue weighted by Crippen LogP contribution is 2.10. The molecule has 0 heterocycles. The largest absolute Gasteiger partial charge is 0.390 e. The van der Waals surface area contributed by atoms with Crippen LogP contribution in [0.3, 0.4) is 0 Å². The van der Waals surface area contributed by atoms with Crippen LogP contribution in [0.1, 0.15) is 5.56 Å². The average molecular weight is 273 g/mol. The minimum atomic E-state index is -0.435. The maximum atomic E-state index is 9.20. The van der Waals surface area contributed by atoms with Gasteiger partial charge in [-0.25, -0.2) is 0 Å². The summed E-state index contributed by atoms with van der Waals surface area (Å²) in [6.45, 7) is 1.73. The molecular weight excluding hydrogens is 256 g/mol. The van der Waals surface area contributed by atoms with Gasteiger partial charge in [-0.3, -0.25) is 0 Å². The highest BCUT2D eigenvalue weighted by Gasteiger charge is 1.99. The second-order valence-corrected chi connectivity index (χ2v) is 4.39. The molecular formula is C11H17BrN2O. The molecule has 0 aliphatic heterocycles. The molecule has 0 amide bonds. The Kier molecular flexibility index (Phi) is 5.86. The van der Waals surface area contributed by atoms with Crippen molar-refractivity contribution < 1.29 is 5.11 Å². The number of halogens is 1. The summed E-state index contributed by atoms with van der Waals surface area (Å²) in [4.78, 5) is 0. The maximum Gasteiger partial charge on any atom is 0.0786 e. The van der Waals surface area contributed by atoms with E-state index in [4.69, 9.17) is 5.73 Å². The molecule has 84 valence electrons. The zero-order valence-electron chi connectivity index (χ0n) is 8.62. The van der Waals surface area contributed by atoms with Crippen molar-refractivity contribution in [2.75, 3.05) is 19.6 Å². The molecule has 0 aliphatic rings. The van der Waals surface area contributed by atoms with E-state index in [1.807, 2.05) is 12.1 Å². The third-order valence-corrected chi connectivity index (χ3v) is 2.68. The molecule has 1 aromatic carbocycles. The van der Waals surface area contributed by atoms with Gasteiger partial charge in [0.25, 0.3) is 0 Å². The Morgan fingerprint density at radius 1 is 1.33 bits per heavy atom. The van der Waals surface area contributed by atoms with Gasteiger partial charge in [0.15, 0.2) is 0 Å². The van der Waals surface area contributed by atoms with Gasteiger partial charge in [-0.2, -0.15) is 0 Å². The Balaban J connectivity index is 2.17. The number of hydrogen-bond acceptors (Lipinski definition) is 3. The summed E-state index contributed by atoms with van der Waals surface area (Å²) in [5, 5.41) is 12.4. The molecule has 1 rings (SSSR count). The lowest BCUT2D eigenvalue weighted by Gasteiger charge is -2.09. The molecule has 0 saturated heterocycles. The average Bonchev–Trinajstić information content (AvgIpc) is 2.26. The van der Waals surface area contributed by atoms with Crippen molar-refractivity contribution in [1.29, 1.82) is 0 Å². The predicted molar refractivity (Wildman–Crippen MR) is 65.8 cm³/mol. The van der Waals surface area contributed by atoms with Crippen LogP contribution >= 0.6 is 15.9 Å². The van der Waals surface area contributed by atoms with Crippen molar-refractivity contribution in [3.8, 4) is 0 Å². The first-order chi connectivity index (χ1) is 7.22. The Labute approximate surface area is 98.8 Å². The standard InChI is InChI=1S/C11H17BrN2O/c12-10-3-1-9(2-4-10)5-6-14-8-11(15)7-13/h1-4,11,14-15H,5-8,13H2. The summed E-state index contributed by atoms with van der Waals surface area (Å²) < 4.78 is 1.10. The summed E-state index contributed by atoms with van der Waals surface area (Å²) in [6.07, 6.45) is 0.528. The topological polar surface area (TPSA) is 58.3 Å². The van der Waals surface area contributed by atoms with Gasteiger partial charge in [-0.1, -0.05) is 28.1 Å². The van der Waals surface area contributed by atoms with Crippen LogP contribution in [0, 0.1) is 0 Å². The molecule has 1 atom stereocenters. The van der Waals surface area contributed by atoms with Gasteiger partial charge in [0, 0.05) is 17.6 Å². The molecule has 0 aromatic heterocycles. The van der Waals surface area contributed by atoms with E-state index in [1.54, 1.807) is 0 Å². The van der Waals surface area contributed by atoms with Gasteiger partial charge in [0.05, 0.1) is 6.10 Å². The molecule has 0 fully saturated rings. The van der Waals surface area contributed by atoms with Crippen molar-refractivity contribution in [2.45, 2.75) is 12.5 Å². The number of nitrogens with one attached hydrogen (secondary N) is 1. The molecule has 1 unspecified atom stereocenters. The Bertz CT molecular complexity index is 276. The van der Waals surface area contributed by atoms with E-state index in [-0.39, 0.29) is 0 Å². The lowest BCUT2D eigenvalue weighted by Crippen LogP contribution is -2.33. The molecule has 0 aliphatic carbocycles. The molecule has 15 heavy (non-hydrogen) atoms. The van der Waals surface area contributed by atoms with E-state index >= 15 is 0 Å². The fourth-order valence-electron chi connectivity index (χ4n) is 1.24. The van der Waals surface area contributed by atoms with Crippen molar-refractivity contribution in [1.82, 2.24) is 5.32 Å². The normalized spacial score (nSPS) is 12.7. The van der Waals surface area contributed by atoms with Gasteiger partial charge in [-0.05, 0) is 30.7 Å². The van der Waals surface area contributed by atoms with Crippen molar-refractivity contribution in [2.24, 2.45) is 5.73 Å². The van der Waals surface area contributed by atoms with Gasteiger partial charge >= 0.3 is 0 Å². The number of aliphatic hydroxyl groups excluding tert-OH is 1. The molecule has 4 heteroatoms. The van der Waals surface area contributed by atoms with Crippen LogP contribution in [0.5, 0.6) is 0 Å². The smallest absolute Gasteiger partial charge is 0.0786 e. The highest BCUT2D eigenvalue weighted by molar-refractivity contribution is 9.10. The maximum absolute atomic E-state index is 9.20. The van der Waals surface area contributed by atoms with Gasteiger partial charge in [-0.15, -0.1) is 0 Å². The Hall–Kier alpha value is -0.420. The summed E-state index contributed by atoms with van der Waals surface area (Å²) >= 11 is 3.39. The SMILES string of the molecule is NCC(O)CNCCc1ccc(Br)cc1. The lowest BCUT2D eigenvalue weighted by molar-refractivity contribution is 0.180. The summed E-state index contributed by atoms with van der Waals surface area (Å²) in [6, 6.07) is 8.24. The summed E-state index contributed by atoms with van der Waals surface area (Å²) in [7, 11) is 0. The van der Waals surface area contributed by atoms with Crippen LogP contribution in [-0.4, -0.2) is 30.8 Å². The molecule has 4 N–H and O–H groups in total. The molecule has 1 aromatic rings. The number of nitrogens with two attached hydrogens (primary N) is 1. The molecule has 0 bridgehead atoms. The third kappa shape index (κ3) is 5.28. The van der Waals surface area contributed by atoms with E-state index in [2.05, 4.69) is 33.4 Å². The molecule has 0 saturated carbocycles. The van der Waals surface area contributed by atoms with Crippen LogP contribution in [0.25, 0.3) is 0 Å². The van der Waals surface area contributed by atoms with Crippen LogP contribution in [0.15, 0.2) is 28.7 Å². The van der Waals surface area contributed by atoms with Crippen LogP contribution in [0.4, 0.5) is 0 Å². The van der Waals surface area contributed by atoms with Crippen LogP contribution < -0.4 is 11.1 Å². The van der Waals surface area contributed by atoms with Crippen molar-refractivity contribution >= 4 is 15.9 Å². The molecule has 0 spiro atoms. The Morgan fingerprint density at radius 2 is 2.00 bits per heavy atom. The number of benzene rings is 1. The minimum Gasteiger partial charge on any atom is -0.390 e. The predicted octanol–water partition coefficient (Wildman–Crippen LogP) is 0.901. The van der Waals surface area contributed by atoms with E-state index in [1.165, 1.54) is 5.56 Å². The first-order valence-electron chi connectivity index (χ1n) is 5.05. The zero-order valence-corrected chi connectivity index (χ0v) is 10.2. The Morgan fingerprint density at radius 3 is 2.60 bits per heavy atom. The second kappa shape index (κ2) is 6.95. The summed E-state index contributed by atoms with van der Waals surface area (Å²) in [5.74, 6) is 0. The van der Waals surface area contributed by atoms with E-state index in [9.17, 15) is 5.11 Å². The van der Waals surface area contributed by atoms with Crippen molar-refractivity contribution in [3.63, 3.8) is 0 Å². The third-order valence-electron chi connectivity index (χ3n) is 2.16. The minimum absolute atomic E-state index is 0.311. The summed E-state index contributed by atoms with van der Waals surface area (Å²) in [5.41, 5.74) is 6.57. The van der Waals surface area contributed by atoms with Gasteiger partial charge in [0.2, 0.25) is 0 Å². The quantitative estimate of drug-likeness (QED) is 0.675. The lowest BCUT2D eigenvalue weighted by atomic mass is 10.1. The first kappa shape index (κ1) is 12.6. The van der Waals surface area contributed by atoms with E-state index in [0.29, 0.717) is 13.1 Å². The van der Waals surface area contributed by atoms with Gasteiger partial charge in [0.1, 0.15) is 0 Å². The fraction of sp³-hybridized carbons (Fsp3) is 0.455. The van der Waals surface area contributed by atoms with Gasteiger partial charge < -0.3 is 16.2 Å². The fourth-order valence-corrected chi connectivity index (χ4v) is 1.50. The zero-order chi connectivity index (χ0) is 11.1. The van der Waals surface area contributed by atoms with Crippen molar-refractivity contribution in [3.05, 3.63) is 34.3 Å². The molecule has 0 radical (unpaired) electrons. The highest BCUT2D eigenvalue weighted by atomic mass is 79.9. The van der Waals surface area contributed by atoms with E-state index in [0.717, 1.165) is 17.4 Å².